The van der Waals surface area contributed by atoms with Crippen molar-refractivity contribution in [2.75, 3.05) is 0 Å². The molecule has 0 N–H and O–H groups in total. The first-order valence-corrected chi connectivity index (χ1v) is 11.9. The maximum atomic E-state index is 12.8. The zero-order valence-electron chi connectivity index (χ0n) is 19.5. The highest BCUT2D eigenvalue weighted by atomic mass is 16.3. The van der Waals surface area contributed by atoms with Crippen LogP contribution >= 0.6 is 0 Å². The Morgan fingerprint density at radius 3 is 2.21 bits per heavy atom. The Morgan fingerprint density at radius 1 is 0.879 bits per heavy atom. The molecule has 0 aliphatic rings. The second kappa shape index (κ2) is 10.5. The smallest absolute Gasteiger partial charge is 0.185 e. The van der Waals surface area contributed by atoms with E-state index in [9.17, 15) is 9.59 Å². The summed E-state index contributed by atoms with van der Waals surface area (Å²) in [6.45, 7) is 4.75. The maximum absolute atomic E-state index is 12.8. The van der Waals surface area contributed by atoms with Crippen LogP contribution in [0.1, 0.15) is 78.8 Å². The van der Waals surface area contributed by atoms with E-state index in [1.807, 2.05) is 42.5 Å². The van der Waals surface area contributed by atoms with E-state index in [1.54, 1.807) is 25.3 Å². The zero-order valence-corrected chi connectivity index (χ0v) is 19.5. The molecule has 2 heterocycles. The minimum absolute atomic E-state index is 0.0438. The molecule has 0 saturated heterocycles. The number of hydrogen-bond acceptors (Lipinski definition) is 3. The minimum atomic E-state index is -0.0761. The maximum Gasteiger partial charge on any atom is 0.185 e. The van der Waals surface area contributed by atoms with Gasteiger partial charge in [-0.05, 0) is 74.0 Å². The highest BCUT2D eigenvalue weighted by Crippen LogP contribution is 2.31. The van der Waals surface area contributed by atoms with Gasteiger partial charge in [0.25, 0.3) is 0 Å². The van der Waals surface area contributed by atoms with E-state index in [-0.39, 0.29) is 11.6 Å². The first-order valence-electron chi connectivity index (χ1n) is 11.9. The Hall–Kier alpha value is -3.40. The van der Waals surface area contributed by atoms with Gasteiger partial charge in [-0.3, -0.25) is 9.59 Å². The normalized spacial score (nSPS) is 11.7. The molecule has 4 nitrogen and oxygen atoms in total. The molecule has 4 heteroatoms. The number of aromatic nitrogens is 1. The second-order valence-electron chi connectivity index (χ2n) is 8.65. The number of fused-ring (bicyclic) bond motifs is 3. The molecule has 0 radical (unpaired) electrons. The van der Waals surface area contributed by atoms with Crippen LogP contribution in [0.5, 0.6) is 0 Å². The van der Waals surface area contributed by atoms with E-state index < -0.39 is 0 Å². The van der Waals surface area contributed by atoms with Crippen molar-refractivity contribution < 1.29 is 14.0 Å². The summed E-state index contributed by atoms with van der Waals surface area (Å²) in [6, 6.07) is 15.4. The summed E-state index contributed by atoms with van der Waals surface area (Å²) in [6.07, 6.45) is 12.2. The number of unbranched alkanes of at least 4 members (excludes halogenated alkanes) is 5. The molecule has 2 aromatic carbocycles. The van der Waals surface area contributed by atoms with Crippen molar-refractivity contribution in [1.29, 1.82) is 0 Å². The quantitative estimate of drug-likeness (QED) is 0.135. The highest BCUT2D eigenvalue weighted by molar-refractivity contribution is 6.14. The van der Waals surface area contributed by atoms with E-state index in [0.29, 0.717) is 16.9 Å². The minimum Gasteiger partial charge on any atom is -0.465 e. The number of Topliss-reactive ketones (excluding diaryl/α,β-unsaturated/α-hetero) is 1. The average Bonchev–Trinajstić information content (AvgIpc) is 3.45. The van der Waals surface area contributed by atoms with Gasteiger partial charge in [-0.15, -0.1) is 0 Å². The lowest BCUT2D eigenvalue weighted by Crippen LogP contribution is -1.99. The van der Waals surface area contributed by atoms with Gasteiger partial charge in [-0.25, -0.2) is 0 Å². The number of hydrogen-bond donors (Lipinski definition) is 0. The molecule has 4 rings (SSSR count). The summed E-state index contributed by atoms with van der Waals surface area (Å²) in [5.74, 6) is 0.612. The Morgan fingerprint density at radius 2 is 1.55 bits per heavy atom. The van der Waals surface area contributed by atoms with Crippen LogP contribution < -0.4 is 0 Å². The summed E-state index contributed by atoms with van der Waals surface area (Å²) in [5, 5.41) is 2.03. The van der Waals surface area contributed by atoms with E-state index in [1.165, 1.54) is 38.2 Å². The lowest BCUT2D eigenvalue weighted by Gasteiger charge is -2.08. The topological polar surface area (TPSA) is 52.2 Å². The number of carbonyl (C=O) groups excluding carboxylic acids is 2. The Kier molecular flexibility index (Phi) is 7.23. The van der Waals surface area contributed by atoms with Crippen molar-refractivity contribution in [2.24, 2.45) is 0 Å². The van der Waals surface area contributed by atoms with Crippen molar-refractivity contribution in [3.05, 3.63) is 77.8 Å². The number of allylic oxidation sites excluding steroid dienone is 1. The number of benzene rings is 2. The number of ketones is 2. The molecule has 0 bridgehead atoms. The second-order valence-corrected chi connectivity index (χ2v) is 8.65. The summed E-state index contributed by atoms with van der Waals surface area (Å²) in [5.41, 5.74) is 3.53. The van der Waals surface area contributed by atoms with Gasteiger partial charge >= 0.3 is 0 Å². The van der Waals surface area contributed by atoms with Gasteiger partial charge < -0.3 is 8.98 Å². The molecule has 33 heavy (non-hydrogen) atoms. The lowest BCUT2D eigenvalue weighted by atomic mass is 10.0. The number of rotatable bonds is 11. The Balaban J connectivity index is 1.68. The predicted molar refractivity (Wildman–Crippen MR) is 135 cm³/mol. The van der Waals surface area contributed by atoms with Crippen LogP contribution in [0.25, 0.3) is 27.9 Å². The molecule has 170 valence electrons. The SMILES string of the molecule is CCCCCCCCn1c2ccc(C(C)=O)cc2c2cc(C(=O)/C=C/c3ccco3)ccc21. The number of aryl methyl sites for hydroxylation is 1. The fraction of sp³-hybridized carbons (Fsp3) is 0.310. The average molecular weight is 442 g/mol. The van der Waals surface area contributed by atoms with Crippen LogP contribution in [-0.4, -0.2) is 16.1 Å². The van der Waals surface area contributed by atoms with Crippen LogP contribution in [-0.2, 0) is 6.54 Å². The van der Waals surface area contributed by atoms with Gasteiger partial charge in [-0.2, -0.15) is 0 Å². The van der Waals surface area contributed by atoms with Gasteiger partial charge in [0.2, 0.25) is 0 Å². The molecule has 0 unspecified atom stereocenters. The van der Waals surface area contributed by atoms with Crippen molar-refractivity contribution in [2.45, 2.75) is 58.9 Å². The van der Waals surface area contributed by atoms with E-state index >= 15 is 0 Å². The van der Waals surface area contributed by atoms with E-state index in [0.717, 1.165) is 34.8 Å². The van der Waals surface area contributed by atoms with Gasteiger partial charge in [0, 0.05) is 39.5 Å². The predicted octanol–water partition coefficient (Wildman–Crippen LogP) is 7.85. The molecule has 4 aromatic rings. The van der Waals surface area contributed by atoms with Gasteiger partial charge in [0.15, 0.2) is 11.6 Å². The Labute approximate surface area is 194 Å². The zero-order chi connectivity index (χ0) is 23.2. The third-order valence-electron chi connectivity index (χ3n) is 6.23. The van der Waals surface area contributed by atoms with E-state index in [2.05, 4.69) is 11.5 Å². The number of nitrogens with zero attached hydrogens (tertiary/aromatic N) is 1. The Bertz CT molecular complexity index is 1290. The molecule has 0 aliphatic heterocycles. The summed E-state index contributed by atoms with van der Waals surface area (Å²) in [7, 11) is 0. The largest absolute Gasteiger partial charge is 0.465 e. The summed E-state index contributed by atoms with van der Waals surface area (Å²) in [4.78, 5) is 24.8. The van der Waals surface area contributed by atoms with Gasteiger partial charge in [0.1, 0.15) is 5.76 Å². The third-order valence-corrected chi connectivity index (χ3v) is 6.23. The van der Waals surface area contributed by atoms with Crippen LogP contribution in [0.2, 0.25) is 0 Å². The van der Waals surface area contributed by atoms with Crippen molar-refractivity contribution in [3.8, 4) is 0 Å². The highest BCUT2D eigenvalue weighted by Gasteiger charge is 2.14. The molecule has 0 aliphatic carbocycles. The standard InChI is InChI=1S/C29H31NO3/c1-3-4-5-6-7-8-17-30-27-14-11-22(21(2)31)19-25(27)26-20-23(12-15-28(26)30)29(32)16-13-24-10-9-18-33-24/h9-16,18-20H,3-8,17H2,1-2H3/b16-13+. The first kappa shape index (κ1) is 22.8. The summed E-state index contributed by atoms with van der Waals surface area (Å²) >= 11 is 0. The lowest BCUT2D eigenvalue weighted by molar-refractivity contribution is 0.101. The molecular weight excluding hydrogens is 410 g/mol. The fourth-order valence-electron chi connectivity index (χ4n) is 4.41. The molecule has 0 amide bonds. The van der Waals surface area contributed by atoms with Crippen molar-refractivity contribution in [3.63, 3.8) is 0 Å². The van der Waals surface area contributed by atoms with Crippen LogP contribution in [0, 0.1) is 0 Å². The molecule has 0 fully saturated rings. The van der Waals surface area contributed by atoms with Crippen LogP contribution in [0.4, 0.5) is 0 Å². The number of furan rings is 1. The molecule has 0 saturated carbocycles. The molecule has 2 aromatic heterocycles. The first-order chi connectivity index (χ1) is 16.1. The number of carbonyl (C=O) groups is 2. The monoisotopic (exact) mass is 441 g/mol. The van der Waals surface area contributed by atoms with Gasteiger partial charge in [0.05, 0.1) is 6.26 Å². The molecule has 0 atom stereocenters. The third kappa shape index (κ3) is 5.16. The van der Waals surface area contributed by atoms with Crippen LogP contribution in [0.3, 0.4) is 0 Å². The van der Waals surface area contributed by atoms with Crippen molar-refractivity contribution in [1.82, 2.24) is 4.57 Å². The summed E-state index contributed by atoms with van der Waals surface area (Å²) < 4.78 is 7.62. The fourth-order valence-corrected chi connectivity index (χ4v) is 4.41. The van der Waals surface area contributed by atoms with Gasteiger partial charge in [-0.1, -0.05) is 39.0 Å². The molecular formula is C29H31NO3. The van der Waals surface area contributed by atoms with E-state index in [4.69, 9.17) is 4.42 Å². The molecule has 0 spiro atoms. The van der Waals surface area contributed by atoms with Crippen LogP contribution in [0.15, 0.2) is 65.3 Å². The van der Waals surface area contributed by atoms with Crippen molar-refractivity contribution >= 4 is 39.4 Å².